The van der Waals surface area contributed by atoms with E-state index in [1.165, 1.54) is 11.9 Å². The van der Waals surface area contributed by atoms with Gasteiger partial charge in [-0.25, -0.2) is 18.3 Å². The van der Waals surface area contributed by atoms with E-state index in [2.05, 4.69) is 54.7 Å². The first kappa shape index (κ1) is 26.3. The molecule has 3 N–H and O–H groups in total. The number of benzene rings is 1. The van der Waals surface area contributed by atoms with Crippen LogP contribution in [0.15, 0.2) is 61.2 Å². The number of piperazine rings is 1. The lowest BCUT2D eigenvalue weighted by Crippen LogP contribution is -2.44. The number of anilines is 3. The molecular weight excluding hydrogens is 540 g/mol. The molecule has 12 heteroatoms. The summed E-state index contributed by atoms with van der Waals surface area (Å²) in [5.74, 6) is -2.65. The van der Waals surface area contributed by atoms with Gasteiger partial charge in [0.1, 0.15) is 5.65 Å². The van der Waals surface area contributed by atoms with Crippen molar-refractivity contribution in [3.63, 3.8) is 0 Å². The Labute approximate surface area is 240 Å². The van der Waals surface area contributed by atoms with Gasteiger partial charge in [-0.15, -0.1) is 0 Å². The highest BCUT2D eigenvalue weighted by atomic mass is 19.3. The van der Waals surface area contributed by atoms with Crippen LogP contribution in [0.3, 0.4) is 0 Å². The Balaban J connectivity index is 1.08. The van der Waals surface area contributed by atoms with Crippen LogP contribution in [-0.4, -0.2) is 81.1 Å². The van der Waals surface area contributed by atoms with Crippen LogP contribution in [0.4, 0.5) is 26.1 Å². The molecule has 2 fully saturated rings. The number of pyridine rings is 1. The minimum absolute atomic E-state index is 0.185. The van der Waals surface area contributed by atoms with Crippen molar-refractivity contribution in [2.24, 2.45) is 5.92 Å². The van der Waals surface area contributed by atoms with Gasteiger partial charge in [-0.1, -0.05) is 6.07 Å². The first-order chi connectivity index (χ1) is 20.3. The zero-order valence-corrected chi connectivity index (χ0v) is 23.1. The summed E-state index contributed by atoms with van der Waals surface area (Å²) >= 11 is 0. The minimum atomic E-state index is -2.61. The number of amides is 1. The third-order valence-electron chi connectivity index (χ3n) is 8.21. The van der Waals surface area contributed by atoms with E-state index in [1.54, 1.807) is 16.9 Å². The largest absolute Gasteiger partial charge is 0.369 e. The number of hydrogen-bond acceptors (Lipinski definition) is 7. The van der Waals surface area contributed by atoms with Gasteiger partial charge in [-0.05, 0) is 48.9 Å². The van der Waals surface area contributed by atoms with Gasteiger partial charge in [0.2, 0.25) is 11.9 Å². The van der Waals surface area contributed by atoms with Crippen molar-refractivity contribution in [1.82, 2.24) is 34.8 Å². The number of carbonyl (C=O) groups excluding carboxylic acids is 1. The van der Waals surface area contributed by atoms with E-state index >= 15 is 0 Å². The Kier molecular flexibility index (Phi) is 6.49. The molecule has 5 heterocycles. The van der Waals surface area contributed by atoms with Gasteiger partial charge in [0.25, 0.3) is 5.91 Å². The number of hydrogen-bond donors (Lipinski definition) is 3. The number of nitrogens with one attached hydrogen (secondary N) is 3. The molecule has 4 aromatic heterocycles. The Hall–Kier alpha value is -4.58. The van der Waals surface area contributed by atoms with Gasteiger partial charge in [0, 0.05) is 86.5 Å². The van der Waals surface area contributed by atoms with E-state index in [0.29, 0.717) is 22.7 Å². The molecule has 216 valence electrons. The van der Waals surface area contributed by atoms with E-state index < -0.39 is 5.92 Å². The number of fused-ring (bicyclic) bond motifs is 2. The molecule has 0 unspecified atom stereocenters. The molecule has 10 nitrogen and oxygen atoms in total. The summed E-state index contributed by atoms with van der Waals surface area (Å²) in [6.45, 7) is 4.29. The van der Waals surface area contributed by atoms with E-state index in [0.717, 1.165) is 48.4 Å². The number of aromatic amines is 1. The van der Waals surface area contributed by atoms with E-state index in [9.17, 15) is 13.6 Å². The second kappa shape index (κ2) is 10.4. The number of carbonyl (C=O) groups is 1. The van der Waals surface area contributed by atoms with Crippen LogP contribution in [0.5, 0.6) is 0 Å². The van der Waals surface area contributed by atoms with Crippen molar-refractivity contribution in [1.29, 1.82) is 0 Å². The van der Waals surface area contributed by atoms with Crippen LogP contribution >= 0.6 is 0 Å². The molecule has 0 atom stereocenters. The van der Waals surface area contributed by atoms with Crippen LogP contribution < -0.4 is 15.5 Å². The maximum Gasteiger partial charge on any atom is 0.255 e. The van der Waals surface area contributed by atoms with Crippen molar-refractivity contribution in [3.8, 4) is 11.1 Å². The molecule has 0 spiro atoms. The number of aromatic nitrogens is 5. The molecule has 7 rings (SSSR count). The topological polar surface area (TPSA) is 106 Å². The van der Waals surface area contributed by atoms with Crippen LogP contribution in [0.25, 0.3) is 27.7 Å². The molecule has 1 aromatic carbocycles. The Morgan fingerprint density at radius 2 is 1.95 bits per heavy atom. The summed E-state index contributed by atoms with van der Waals surface area (Å²) in [6.07, 6.45) is 6.57. The van der Waals surface area contributed by atoms with Gasteiger partial charge >= 0.3 is 0 Å². The average molecular weight is 572 g/mol. The van der Waals surface area contributed by atoms with Gasteiger partial charge in [0.15, 0.2) is 0 Å². The van der Waals surface area contributed by atoms with Gasteiger partial charge < -0.3 is 25.4 Å². The maximum atomic E-state index is 13.1. The maximum absolute atomic E-state index is 13.1. The molecule has 0 bridgehead atoms. The molecule has 1 amide bonds. The fraction of sp³-hybridized carbons (Fsp3) is 0.333. The van der Waals surface area contributed by atoms with Gasteiger partial charge in [-0.2, -0.15) is 10.1 Å². The second-order valence-corrected chi connectivity index (χ2v) is 11.3. The fourth-order valence-electron chi connectivity index (χ4n) is 5.77. The molecule has 5 aromatic rings. The molecule has 42 heavy (non-hydrogen) atoms. The normalized spacial score (nSPS) is 17.5. The summed E-state index contributed by atoms with van der Waals surface area (Å²) in [5.41, 5.74) is 5.54. The molecule has 1 saturated heterocycles. The molecule has 1 saturated carbocycles. The van der Waals surface area contributed by atoms with Crippen molar-refractivity contribution < 1.29 is 13.6 Å². The highest BCUT2D eigenvalue weighted by molar-refractivity contribution is 6.02. The number of nitrogens with zero attached hydrogens (tertiary/aromatic N) is 6. The summed E-state index contributed by atoms with van der Waals surface area (Å²) in [6, 6.07) is 12.1. The highest BCUT2D eigenvalue weighted by Gasteiger charge is 2.45. The van der Waals surface area contributed by atoms with Crippen molar-refractivity contribution in [3.05, 3.63) is 66.7 Å². The summed E-state index contributed by atoms with van der Waals surface area (Å²) in [5, 5.41) is 11.2. The van der Waals surface area contributed by atoms with Crippen molar-refractivity contribution in [2.75, 3.05) is 50.0 Å². The lowest BCUT2D eigenvalue weighted by atomic mass is 9.81. The van der Waals surface area contributed by atoms with Crippen LogP contribution in [0, 0.1) is 5.92 Å². The molecule has 1 aliphatic heterocycles. The van der Waals surface area contributed by atoms with Crippen molar-refractivity contribution >= 4 is 39.8 Å². The monoisotopic (exact) mass is 571 g/mol. The SMILES string of the molecule is CN1CCN(c2cccc(Nc3ncc4c(-c5ccn6ncc(C(=O)NCC7CC(F)(F)C7)c6c5)c[nH]c4n3)c2)CC1. The molecule has 2 aliphatic rings. The van der Waals surface area contributed by atoms with Gasteiger partial charge in [0.05, 0.1) is 17.3 Å². The third-order valence-corrected chi connectivity index (χ3v) is 8.21. The predicted octanol–water partition coefficient (Wildman–Crippen LogP) is 4.54. The number of likely N-dealkylation sites (N-methyl/N-ethyl adjacent to an activating group) is 1. The van der Waals surface area contributed by atoms with E-state index in [4.69, 9.17) is 4.98 Å². The highest BCUT2D eigenvalue weighted by Crippen LogP contribution is 2.42. The molecule has 0 radical (unpaired) electrons. The fourth-order valence-corrected chi connectivity index (χ4v) is 5.77. The minimum Gasteiger partial charge on any atom is -0.369 e. The summed E-state index contributed by atoms with van der Waals surface area (Å²) in [7, 11) is 2.15. The molecular formula is C30H31F2N9O. The lowest BCUT2D eigenvalue weighted by molar-refractivity contribution is -0.108. The number of rotatable bonds is 7. The number of H-pyrrole nitrogens is 1. The van der Waals surface area contributed by atoms with E-state index in [1.807, 2.05) is 30.5 Å². The number of alkyl halides is 2. The average Bonchev–Trinajstić information content (AvgIpc) is 3.59. The van der Waals surface area contributed by atoms with Crippen molar-refractivity contribution in [2.45, 2.75) is 18.8 Å². The van der Waals surface area contributed by atoms with E-state index in [-0.39, 0.29) is 31.2 Å². The molecule has 1 aliphatic carbocycles. The first-order valence-electron chi connectivity index (χ1n) is 14.1. The number of halogens is 2. The summed E-state index contributed by atoms with van der Waals surface area (Å²) < 4.78 is 27.9. The van der Waals surface area contributed by atoms with Crippen LogP contribution in [0.1, 0.15) is 23.2 Å². The zero-order valence-electron chi connectivity index (χ0n) is 23.1. The van der Waals surface area contributed by atoms with Gasteiger partial charge in [-0.3, -0.25) is 4.79 Å². The standard InChI is InChI=1S/C30H31F2N9O/c1-39-7-9-40(10-8-39)22-4-2-3-21(12-22)37-29-35-17-24-23(16-33-27(24)38-29)20-5-6-41-26(11-20)25(18-36-41)28(42)34-15-19-13-30(31,32)14-19/h2-6,11-12,16-19H,7-10,13-15H2,1H3,(H,34,42)(H2,33,35,37,38). The zero-order chi connectivity index (χ0) is 28.8. The Bertz CT molecular complexity index is 1770. The summed E-state index contributed by atoms with van der Waals surface area (Å²) in [4.78, 5) is 30.1. The Morgan fingerprint density at radius 3 is 2.76 bits per heavy atom. The quantitative estimate of drug-likeness (QED) is 0.263. The lowest BCUT2D eigenvalue weighted by Gasteiger charge is -2.34. The first-order valence-corrected chi connectivity index (χ1v) is 14.1. The Morgan fingerprint density at radius 1 is 1.12 bits per heavy atom. The second-order valence-electron chi connectivity index (χ2n) is 11.3. The van der Waals surface area contributed by atoms with Crippen LogP contribution in [0.2, 0.25) is 0 Å². The third kappa shape index (κ3) is 5.13. The smallest absolute Gasteiger partial charge is 0.255 e. The van der Waals surface area contributed by atoms with Crippen LogP contribution in [-0.2, 0) is 0 Å². The predicted molar refractivity (Wildman–Crippen MR) is 158 cm³/mol.